The number of rotatable bonds is 11. The molecule has 0 bridgehead atoms. The van der Waals surface area contributed by atoms with Crippen LogP contribution in [0.2, 0.25) is 0 Å². The van der Waals surface area contributed by atoms with Crippen LogP contribution in [0.4, 0.5) is 5.69 Å². The highest BCUT2D eigenvalue weighted by Gasteiger charge is 2.23. The molecule has 1 saturated carbocycles. The van der Waals surface area contributed by atoms with Crippen LogP contribution >= 0.6 is 11.8 Å². The van der Waals surface area contributed by atoms with Gasteiger partial charge < -0.3 is 25.3 Å². The SMILES string of the molecule is COc1cc2c(Sc3ccc(NC(=O)c4ccccc4)cc3)ccnc2cc1OCCC(N)C(=O)OC1CCCC1. The van der Waals surface area contributed by atoms with Crippen LogP contribution in [0, 0.1) is 0 Å². The monoisotopic (exact) mass is 571 g/mol. The Hall–Kier alpha value is -4.08. The molecule has 9 heteroatoms. The van der Waals surface area contributed by atoms with Crippen molar-refractivity contribution in [2.24, 2.45) is 5.73 Å². The fraction of sp³-hybridized carbons (Fsp3) is 0.281. The molecule has 0 radical (unpaired) electrons. The number of pyridine rings is 1. The van der Waals surface area contributed by atoms with Crippen LogP contribution < -0.4 is 20.5 Å². The lowest BCUT2D eigenvalue weighted by molar-refractivity contribution is -0.150. The Bertz CT molecular complexity index is 1490. The van der Waals surface area contributed by atoms with Gasteiger partial charge in [-0.05, 0) is 74.2 Å². The molecule has 1 amide bonds. The van der Waals surface area contributed by atoms with Crippen molar-refractivity contribution in [1.29, 1.82) is 0 Å². The number of fused-ring (bicyclic) bond motifs is 1. The standard InChI is InChI=1S/C32H33N3O5S/c1-38-28-19-25-27(20-29(28)39-18-16-26(33)32(37)40-23-9-5-6-10-23)34-17-15-30(25)41-24-13-11-22(12-14-24)35-31(36)21-7-3-2-4-8-21/h2-4,7-8,11-15,17,19-20,23,26H,5-6,9-10,16,18,33H2,1H3,(H,35,36). The van der Waals surface area contributed by atoms with Crippen molar-refractivity contribution in [1.82, 2.24) is 4.98 Å². The van der Waals surface area contributed by atoms with E-state index in [0.29, 0.717) is 23.5 Å². The van der Waals surface area contributed by atoms with Gasteiger partial charge in [0.2, 0.25) is 0 Å². The van der Waals surface area contributed by atoms with Crippen LogP contribution in [-0.2, 0) is 9.53 Å². The van der Waals surface area contributed by atoms with Gasteiger partial charge in [0.15, 0.2) is 11.5 Å². The van der Waals surface area contributed by atoms with E-state index in [2.05, 4.69) is 10.3 Å². The lowest BCUT2D eigenvalue weighted by Gasteiger charge is -2.17. The van der Waals surface area contributed by atoms with Gasteiger partial charge in [0.25, 0.3) is 5.91 Å². The molecule has 0 saturated heterocycles. The van der Waals surface area contributed by atoms with E-state index in [1.807, 2.05) is 60.7 Å². The van der Waals surface area contributed by atoms with Crippen molar-refractivity contribution < 1.29 is 23.8 Å². The van der Waals surface area contributed by atoms with Crippen LogP contribution in [0.3, 0.4) is 0 Å². The van der Waals surface area contributed by atoms with E-state index in [9.17, 15) is 9.59 Å². The minimum absolute atomic E-state index is 0.00775. The first-order chi connectivity index (χ1) is 20.0. The number of carbonyl (C=O) groups excluding carboxylic acids is 2. The molecule has 212 valence electrons. The number of nitrogens with zero attached hydrogens (tertiary/aromatic N) is 1. The van der Waals surface area contributed by atoms with Crippen molar-refractivity contribution >= 4 is 40.2 Å². The van der Waals surface area contributed by atoms with Crippen LogP contribution in [0.15, 0.2) is 88.8 Å². The molecule has 1 unspecified atom stereocenters. The number of nitrogens with one attached hydrogen (secondary N) is 1. The minimum atomic E-state index is -0.735. The van der Waals surface area contributed by atoms with Crippen LogP contribution in [-0.4, -0.2) is 42.7 Å². The van der Waals surface area contributed by atoms with Gasteiger partial charge in [-0.25, -0.2) is 0 Å². The van der Waals surface area contributed by atoms with E-state index in [1.165, 1.54) is 0 Å². The molecule has 1 aromatic heterocycles. The maximum Gasteiger partial charge on any atom is 0.323 e. The van der Waals surface area contributed by atoms with E-state index < -0.39 is 6.04 Å². The van der Waals surface area contributed by atoms with Gasteiger partial charge in [0, 0.05) is 45.1 Å². The van der Waals surface area contributed by atoms with E-state index in [1.54, 1.807) is 37.2 Å². The summed E-state index contributed by atoms with van der Waals surface area (Å²) in [6.07, 6.45) is 6.08. The molecular formula is C32H33N3O5S. The second-order valence-corrected chi connectivity index (χ2v) is 11.0. The quantitative estimate of drug-likeness (QED) is 0.204. The number of carbonyl (C=O) groups is 2. The van der Waals surface area contributed by atoms with E-state index in [-0.39, 0.29) is 24.6 Å². The fourth-order valence-electron chi connectivity index (χ4n) is 4.69. The lowest BCUT2D eigenvalue weighted by atomic mass is 10.2. The molecule has 1 atom stereocenters. The Kier molecular flexibility index (Phi) is 9.38. The van der Waals surface area contributed by atoms with Crippen molar-refractivity contribution in [3.63, 3.8) is 0 Å². The zero-order chi connectivity index (χ0) is 28.6. The van der Waals surface area contributed by atoms with Gasteiger partial charge in [0.05, 0.1) is 19.2 Å². The average Bonchev–Trinajstić information content (AvgIpc) is 3.51. The Balaban J connectivity index is 1.22. The molecule has 1 aliphatic rings. The number of amides is 1. The second kappa shape index (κ2) is 13.5. The summed E-state index contributed by atoms with van der Waals surface area (Å²) in [5.74, 6) is 0.570. The summed E-state index contributed by atoms with van der Waals surface area (Å²) in [4.78, 5) is 31.3. The Labute approximate surface area is 243 Å². The van der Waals surface area contributed by atoms with Gasteiger partial charge >= 0.3 is 5.97 Å². The number of aromatic nitrogens is 1. The first-order valence-corrected chi connectivity index (χ1v) is 14.5. The predicted octanol–water partition coefficient (Wildman–Crippen LogP) is 6.23. The van der Waals surface area contributed by atoms with E-state index in [0.717, 1.165) is 52.1 Å². The molecule has 8 nitrogen and oxygen atoms in total. The Morgan fingerprint density at radius 1 is 1.02 bits per heavy atom. The first kappa shape index (κ1) is 28.4. The summed E-state index contributed by atoms with van der Waals surface area (Å²) < 4.78 is 17.1. The number of methoxy groups -OCH3 is 1. The molecule has 41 heavy (non-hydrogen) atoms. The van der Waals surface area contributed by atoms with Gasteiger partial charge in [-0.2, -0.15) is 0 Å². The van der Waals surface area contributed by atoms with Gasteiger partial charge in [0.1, 0.15) is 12.1 Å². The van der Waals surface area contributed by atoms with Crippen molar-refractivity contribution in [3.8, 4) is 11.5 Å². The number of ether oxygens (including phenoxy) is 3. The Morgan fingerprint density at radius 3 is 2.51 bits per heavy atom. The largest absolute Gasteiger partial charge is 0.493 e. The van der Waals surface area contributed by atoms with E-state index >= 15 is 0 Å². The van der Waals surface area contributed by atoms with Crippen molar-refractivity contribution in [3.05, 3.63) is 84.6 Å². The molecule has 3 N–H and O–H groups in total. The summed E-state index contributed by atoms with van der Waals surface area (Å²) in [6.45, 7) is 0.240. The Morgan fingerprint density at radius 2 is 1.78 bits per heavy atom. The molecule has 0 spiro atoms. The summed E-state index contributed by atoms with van der Waals surface area (Å²) >= 11 is 1.59. The zero-order valence-corrected chi connectivity index (χ0v) is 23.7. The average molecular weight is 572 g/mol. The molecular weight excluding hydrogens is 538 g/mol. The highest BCUT2D eigenvalue weighted by molar-refractivity contribution is 7.99. The van der Waals surface area contributed by atoms with E-state index in [4.69, 9.17) is 19.9 Å². The van der Waals surface area contributed by atoms with Crippen LogP contribution in [0.25, 0.3) is 10.9 Å². The smallest absolute Gasteiger partial charge is 0.323 e. The molecule has 5 rings (SSSR count). The van der Waals surface area contributed by atoms with Gasteiger partial charge in [-0.1, -0.05) is 30.0 Å². The number of hydrogen-bond donors (Lipinski definition) is 2. The zero-order valence-electron chi connectivity index (χ0n) is 22.9. The summed E-state index contributed by atoms with van der Waals surface area (Å²) in [5, 5.41) is 3.84. The first-order valence-electron chi connectivity index (χ1n) is 13.7. The number of hydrogen-bond acceptors (Lipinski definition) is 8. The minimum Gasteiger partial charge on any atom is -0.493 e. The number of nitrogens with two attached hydrogens (primary N) is 1. The van der Waals surface area contributed by atoms with Crippen LogP contribution in [0.1, 0.15) is 42.5 Å². The molecule has 1 fully saturated rings. The normalized spacial score (nSPS) is 14.0. The third-order valence-electron chi connectivity index (χ3n) is 6.94. The fourth-order valence-corrected chi connectivity index (χ4v) is 5.62. The summed E-state index contributed by atoms with van der Waals surface area (Å²) in [6, 6.07) is 21.8. The maximum atomic E-state index is 12.4. The molecule has 4 aromatic rings. The summed E-state index contributed by atoms with van der Waals surface area (Å²) in [5.41, 5.74) is 8.13. The number of esters is 1. The highest BCUT2D eigenvalue weighted by atomic mass is 32.2. The second-order valence-electron chi connectivity index (χ2n) is 9.86. The number of benzene rings is 3. The molecule has 3 aromatic carbocycles. The maximum absolute atomic E-state index is 12.4. The van der Waals surface area contributed by atoms with Crippen molar-refractivity contribution in [2.75, 3.05) is 19.0 Å². The lowest BCUT2D eigenvalue weighted by Crippen LogP contribution is -2.35. The molecule has 1 heterocycles. The third kappa shape index (κ3) is 7.36. The highest BCUT2D eigenvalue weighted by Crippen LogP contribution is 2.38. The van der Waals surface area contributed by atoms with Crippen molar-refractivity contribution in [2.45, 2.75) is 54.0 Å². The molecule has 0 aliphatic heterocycles. The molecule has 1 aliphatic carbocycles. The number of anilines is 1. The van der Waals surface area contributed by atoms with Gasteiger partial charge in [-0.3, -0.25) is 14.6 Å². The van der Waals surface area contributed by atoms with Crippen LogP contribution in [0.5, 0.6) is 11.5 Å². The topological polar surface area (TPSA) is 113 Å². The van der Waals surface area contributed by atoms with Gasteiger partial charge in [-0.15, -0.1) is 0 Å². The predicted molar refractivity (Wildman–Crippen MR) is 160 cm³/mol. The third-order valence-corrected chi connectivity index (χ3v) is 8.02. The summed E-state index contributed by atoms with van der Waals surface area (Å²) in [7, 11) is 1.59.